The lowest BCUT2D eigenvalue weighted by molar-refractivity contribution is -0.137. The second kappa shape index (κ2) is 11.6. The van der Waals surface area contributed by atoms with Crippen molar-refractivity contribution in [2.45, 2.75) is 39.3 Å². The lowest BCUT2D eigenvalue weighted by atomic mass is 10.0. The highest BCUT2D eigenvalue weighted by molar-refractivity contribution is 6.03. The molecule has 0 saturated heterocycles. The molecule has 1 aromatic carbocycles. The number of hydrogen-bond donors (Lipinski definition) is 5. The summed E-state index contributed by atoms with van der Waals surface area (Å²) in [6, 6.07) is 7.05. The summed E-state index contributed by atoms with van der Waals surface area (Å²) in [5.74, 6) is -2.98. The summed E-state index contributed by atoms with van der Waals surface area (Å²) in [6.45, 7) is 4.68. The van der Waals surface area contributed by atoms with Crippen molar-refractivity contribution >= 4 is 29.8 Å². The van der Waals surface area contributed by atoms with E-state index in [1.165, 1.54) is 13.0 Å². The third kappa shape index (κ3) is 9.02. The maximum absolute atomic E-state index is 12.8. The van der Waals surface area contributed by atoms with Gasteiger partial charge in [-0.2, -0.15) is 0 Å². The Morgan fingerprint density at radius 1 is 1.07 bits per heavy atom. The zero-order valence-electron chi connectivity index (χ0n) is 16.8. The van der Waals surface area contributed by atoms with Gasteiger partial charge in [0.2, 0.25) is 11.8 Å². The van der Waals surface area contributed by atoms with E-state index < -0.39 is 42.3 Å². The molecular formula is C20H28N4O5. The van der Waals surface area contributed by atoms with Crippen LogP contribution in [0.4, 0.5) is 0 Å². The van der Waals surface area contributed by atoms with Crippen LogP contribution in [-0.4, -0.2) is 47.4 Å². The SMILES string of the molecule is CC(C)CC(NC(=O)C(C)N)C(=O)N/C(=C/c1ccccc1)C(=O)NCC(=O)O. The molecule has 0 aromatic heterocycles. The molecule has 0 fully saturated rings. The highest BCUT2D eigenvalue weighted by Crippen LogP contribution is 2.09. The minimum atomic E-state index is -1.22. The van der Waals surface area contributed by atoms with E-state index >= 15 is 0 Å². The average molecular weight is 404 g/mol. The topological polar surface area (TPSA) is 151 Å². The molecule has 0 bridgehead atoms. The standard InChI is InChI=1S/C20H28N4O5/c1-12(2)9-15(23-18(27)13(3)21)20(29)24-16(19(28)22-11-17(25)26)10-14-7-5-4-6-8-14/h4-8,10,12-13,15H,9,11,21H2,1-3H3,(H,22,28)(H,23,27)(H,24,29)(H,25,26)/b16-10+. The van der Waals surface area contributed by atoms with Gasteiger partial charge in [0.15, 0.2) is 0 Å². The maximum atomic E-state index is 12.8. The minimum absolute atomic E-state index is 0.0847. The molecule has 2 unspecified atom stereocenters. The summed E-state index contributed by atoms with van der Waals surface area (Å²) < 4.78 is 0. The molecule has 2 atom stereocenters. The number of hydrogen-bond acceptors (Lipinski definition) is 5. The molecule has 0 saturated carbocycles. The summed E-state index contributed by atoms with van der Waals surface area (Å²) >= 11 is 0. The second-order valence-corrected chi connectivity index (χ2v) is 7.01. The Labute approximate surface area is 169 Å². The van der Waals surface area contributed by atoms with Gasteiger partial charge in [0.1, 0.15) is 18.3 Å². The summed E-state index contributed by atoms with van der Waals surface area (Å²) in [5, 5.41) is 16.1. The van der Waals surface area contributed by atoms with Crippen LogP contribution in [0.2, 0.25) is 0 Å². The van der Waals surface area contributed by atoms with Crippen molar-refractivity contribution < 1.29 is 24.3 Å². The molecule has 9 heteroatoms. The van der Waals surface area contributed by atoms with Gasteiger partial charge in [-0.1, -0.05) is 44.2 Å². The van der Waals surface area contributed by atoms with Gasteiger partial charge in [-0.25, -0.2) is 0 Å². The highest BCUT2D eigenvalue weighted by atomic mass is 16.4. The number of nitrogens with two attached hydrogens (primary N) is 1. The van der Waals surface area contributed by atoms with Gasteiger partial charge in [-0.3, -0.25) is 19.2 Å². The Morgan fingerprint density at radius 3 is 2.21 bits per heavy atom. The lowest BCUT2D eigenvalue weighted by Crippen LogP contribution is -2.52. The number of nitrogens with one attached hydrogen (secondary N) is 3. The zero-order chi connectivity index (χ0) is 22.0. The van der Waals surface area contributed by atoms with Crippen LogP contribution in [0.15, 0.2) is 36.0 Å². The van der Waals surface area contributed by atoms with E-state index in [4.69, 9.17) is 10.8 Å². The van der Waals surface area contributed by atoms with Crippen LogP contribution in [0.3, 0.4) is 0 Å². The smallest absolute Gasteiger partial charge is 0.322 e. The predicted octanol–water partition coefficient (Wildman–Crippen LogP) is 0.223. The van der Waals surface area contributed by atoms with Crippen molar-refractivity contribution in [3.05, 3.63) is 41.6 Å². The molecule has 0 heterocycles. The van der Waals surface area contributed by atoms with E-state index in [1.54, 1.807) is 30.3 Å². The molecule has 9 nitrogen and oxygen atoms in total. The number of aliphatic carboxylic acids is 1. The van der Waals surface area contributed by atoms with E-state index in [1.807, 2.05) is 13.8 Å². The number of carboxylic acid groups (broad SMARTS) is 1. The first-order valence-electron chi connectivity index (χ1n) is 9.23. The minimum Gasteiger partial charge on any atom is -0.480 e. The molecule has 29 heavy (non-hydrogen) atoms. The Bertz CT molecular complexity index is 759. The van der Waals surface area contributed by atoms with Crippen LogP contribution in [0.1, 0.15) is 32.8 Å². The number of carbonyl (C=O) groups is 4. The predicted molar refractivity (Wildman–Crippen MR) is 108 cm³/mol. The summed E-state index contributed by atoms with van der Waals surface area (Å²) in [7, 11) is 0. The molecule has 0 spiro atoms. The number of amides is 3. The number of carboxylic acids is 1. The van der Waals surface area contributed by atoms with Gasteiger partial charge in [0, 0.05) is 0 Å². The first kappa shape index (κ1) is 23.8. The van der Waals surface area contributed by atoms with Crippen molar-refractivity contribution in [1.82, 2.24) is 16.0 Å². The molecule has 0 aliphatic heterocycles. The number of carbonyl (C=O) groups excluding carboxylic acids is 3. The van der Waals surface area contributed by atoms with E-state index in [0.29, 0.717) is 12.0 Å². The normalized spacial score (nSPS) is 13.3. The Hall–Kier alpha value is -3.20. The van der Waals surface area contributed by atoms with Crippen LogP contribution in [0, 0.1) is 5.92 Å². The highest BCUT2D eigenvalue weighted by Gasteiger charge is 2.25. The average Bonchev–Trinajstić information content (AvgIpc) is 2.65. The van der Waals surface area contributed by atoms with E-state index in [2.05, 4.69) is 16.0 Å². The lowest BCUT2D eigenvalue weighted by Gasteiger charge is -2.22. The summed E-state index contributed by atoms with van der Waals surface area (Å²) in [5.41, 5.74) is 6.06. The largest absolute Gasteiger partial charge is 0.480 e. The van der Waals surface area contributed by atoms with Gasteiger partial charge in [-0.05, 0) is 30.9 Å². The second-order valence-electron chi connectivity index (χ2n) is 7.01. The first-order valence-corrected chi connectivity index (χ1v) is 9.23. The fourth-order valence-electron chi connectivity index (χ4n) is 2.35. The van der Waals surface area contributed by atoms with Crippen LogP contribution in [-0.2, 0) is 19.2 Å². The van der Waals surface area contributed by atoms with E-state index in [9.17, 15) is 19.2 Å². The maximum Gasteiger partial charge on any atom is 0.322 e. The number of rotatable bonds is 10. The fourth-order valence-corrected chi connectivity index (χ4v) is 2.35. The molecular weight excluding hydrogens is 376 g/mol. The third-order valence-electron chi connectivity index (χ3n) is 3.77. The molecule has 1 aromatic rings. The van der Waals surface area contributed by atoms with Crippen LogP contribution >= 0.6 is 0 Å². The van der Waals surface area contributed by atoms with Crippen LogP contribution in [0.25, 0.3) is 6.08 Å². The Morgan fingerprint density at radius 2 is 1.69 bits per heavy atom. The van der Waals surface area contributed by atoms with Crippen molar-refractivity contribution in [3.63, 3.8) is 0 Å². The van der Waals surface area contributed by atoms with Gasteiger partial charge >= 0.3 is 5.97 Å². The molecule has 0 radical (unpaired) electrons. The van der Waals surface area contributed by atoms with Crippen LogP contribution in [0.5, 0.6) is 0 Å². The Kier molecular flexibility index (Phi) is 9.54. The van der Waals surface area contributed by atoms with E-state index in [-0.39, 0.29) is 11.6 Å². The number of benzene rings is 1. The van der Waals surface area contributed by atoms with Crippen molar-refractivity contribution in [3.8, 4) is 0 Å². The molecule has 0 aliphatic rings. The quantitative estimate of drug-likeness (QED) is 0.352. The van der Waals surface area contributed by atoms with Crippen LogP contribution < -0.4 is 21.7 Å². The van der Waals surface area contributed by atoms with Gasteiger partial charge in [0.25, 0.3) is 5.91 Å². The van der Waals surface area contributed by atoms with E-state index in [0.717, 1.165) is 0 Å². The molecule has 3 amide bonds. The van der Waals surface area contributed by atoms with Gasteiger partial charge in [-0.15, -0.1) is 0 Å². The third-order valence-corrected chi connectivity index (χ3v) is 3.77. The molecule has 1 rings (SSSR count). The Balaban J connectivity index is 3.08. The summed E-state index contributed by atoms with van der Waals surface area (Å²) in [6.07, 6.45) is 1.76. The zero-order valence-corrected chi connectivity index (χ0v) is 16.8. The van der Waals surface area contributed by atoms with Gasteiger partial charge in [0.05, 0.1) is 6.04 Å². The van der Waals surface area contributed by atoms with Crippen molar-refractivity contribution in [2.75, 3.05) is 6.54 Å². The molecule has 158 valence electrons. The molecule has 6 N–H and O–H groups in total. The summed E-state index contributed by atoms with van der Waals surface area (Å²) in [4.78, 5) is 47.9. The monoisotopic (exact) mass is 404 g/mol. The van der Waals surface area contributed by atoms with Crippen molar-refractivity contribution in [1.29, 1.82) is 0 Å². The fraction of sp³-hybridized carbons (Fsp3) is 0.400. The molecule has 0 aliphatic carbocycles. The van der Waals surface area contributed by atoms with Crippen molar-refractivity contribution in [2.24, 2.45) is 11.7 Å². The first-order chi connectivity index (χ1) is 13.6. The van der Waals surface area contributed by atoms with Gasteiger partial charge < -0.3 is 26.8 Å².